The number of halogens is 4. The van der Waals surface area contributed by atoms with Gasteiger partial charge in [0.2, 0.25) is 0 Å². The van der Waals surface area contributed by atoms with Crippen LogP contribution in [0.2, 0.25) is 10.3 Å². The molecule has 72 valence electrons. The molecule has 0 amide bonds. The standard InChI is InChI=1S/C7H5Cl2F2NO/c8-5-1-3(7(10)11)4(2-13)6(9)12-5/h1,7,13H,2H2. The number of nitrogens with zero attached hydrogens (tertiary/aromatic N) is 1. The predicted octanol–water partition coefficient (Wildman–Crippen LogP) is 2.82. The van der Waals surface area contributed by atoms with Crippen molar-refractivity contribution in [1.82, 2.24) is 4.98 Å². The molecule has 1 rings (SSSR count). The molecule has 0 fully saturated rings. The zero-order valence-corrected chi connectivity index (χ0v) is 7.78. The fraction of sp³-hybridized carbons (Fsp3) is 0.286. The Kier molecular flexibility index (Phi) is 3.41. The lowest BCUT2D eigenvalue weighted by molar-refractivity contribution is 0.147. The van der Waals surface area contributed by atoms with Crippen molar-refractivity contribution < 1.29 is 13.9 Å². The summed E-state index contributed by atoms with van der Waals surface area (Å²) in [6.45, 7) is -0.581. The van der Waals surface area contributed by atoms with Crippen molar-refractivity contribution in [3.05, 3.63) is 27.5 Å². The van der Waals surface area contributed by atoms with Gasteiger partial charge in [-0.05, 0) is 6.07 Å². The summed E-state index contributed by atoms with van der Waals surface area (Å²) in [5, 5.41) is 8.44. The summed E-state index contributed by atoms with van der Waals surface area (Å²) >= 11 is 10.9. The van der Waals surface area contributed by atoms with Gasteiger partial charge in [-0.3, -0.25) is 0 Å². The first-order chi connectivity index (χ1) is 6.06. The van der Waals surface area contributed by atoms with Crippen LogP contribution >= 0.6 is 23.2 Å². The van der Waals surface area contributed by atoms with Crippen molar-refractivity contribution in [2.45, 2.75) is 13.0 Å². The van der Waals surface area contributed by atoms with Crippen LogP contribution in [0.4, 0.5) is 8.78 Å². The number of hydrogen-bond acceptors (Lipinski definition) is 2. The number of rotatable bonds is 2. The van der Waals surface area contributed by atoms with E-state index in [1.54, 1.807) is 0 Å². The van der Waals surface area contributed by atoms with E-state index in [0.29, 0.717) is 0 Å². The molecule has 0 spiro atoms. The molecule has 0 bridgehead atoms. The third-order valence-electron chi connectivity index (χ3n) is 1.47. The number of hydrogen-bond donors (Lipinski definition) is 1. The number of pyridine rings is 1. The third kappa shape index (κ3) is 2.27. The second-order valence-electron chi connectivity index (χ2n) is 2.26. The van der Waals surface area contributed by atoms with Crippen molar-refractivity contribution in [1.29, 1.82) is 0 Å². The maximum Gasteiger partial charge on any atom is 0.264 e. The van der Waals surface area contributed by atoms with Gasteiger partial charge in [0.25, 0.3) is 6.43 Å². The summed E-state index contributed by atoms with van der Waals surface area (Å²) < 4.78 is 24.6. The molecule has 1 heterocycles. The molecule has 0 saturated heterocycles. The van der Waals surface area contributed by atoms with E-state index in [0.717, 1.165) is 6.07 Å². The van der Waals surface area contributed by atoms with Gasteiger partial charge in [0.1, 0.15) is 10.3 Å². The van der Waals surface area contributed by atoms with E-state index in [1.807, 2.05) is 0 Å². The molecule has 0 aliphatic heterocycles. The second-order valence-corrected chi connectivity index (χ2v) is 3.01. The summed E-state index contributed by atoms with van der Waals surface area (Å²) in [6, 6.07) is 0.990. The molecule has 1 aromatic rings. The Morgan fingerprint density at radius 1 is 1.46 bits per heavy atom. The number of aliphatic hydroxyl groups is 1. The summed E-state index contributed by atoms with van der Waals surface area (Å²) in [7, 11) is 0. The SMILES string of the molecule is OCc1c(C(F)F)cc(Cl)nc1Cl. The first-order valence-corrected chi connectivity index (χ1v) is 4.05. The lowest BCUT2D eigenvalue weighted by atomic mass is 10.1. The predicted molar refractivity (Wildman–Crippen MR) is 45.1 cm³/mol. The summed E-state index contributed by atoms with van der Waals surface area (Å²) in [6.07, 6.45) is -2.72. The lowest BCUT2D eigenvalue weighted by Gasteiger charge is -2.07. The average Bonchev–Trinajstić information content (AvgIpc) is 2.02. The van der Waals surface area contributed by atoms with Gasteiger partial charge in [-0.1, -0.05) is 23.2 Å². The maximum absolute atomic E-state index is 12.3. The Labute approximate surface area is 83.1 Å². The maximum atomic E-state index is 12.3. The van der Waals surface area contributed by atoms with Crippen molar-refractivity contribution in [2.75, 3.05) is 0 Å². The first-order valence-electron chi connectivity index (χ1n) is 3.30. The van der Waals surface area contributed by atoms with E-state index in [2.05, 4.69) is 4.98 Å². The molecule has 1 aromatic heterocycles. The van der Waals surface area contributed by atoms with Crippen LogP contribution in [0, 0.1) is 0 Å². The highest BCUT2D eigenvalue weighted by molar-refractivity contribution is 6.33. The highest BCUT2D eigenvalue weighted by Crippen LogP contribution is 2.29. The molecule has 0 radical (unpaired) electrons. The summed E-state index contributed by atoms with van der Waals surface area (Å²) in [4.78, 5) is 3.52. The third-order valence-corrected chi connectivity index (χ3v) is 1.98. The smallest absolute Gasteiger partial charge is 0.264 e. The largest absolute Gasteiger partial charge is 0.392 e. The van der Waals surface area contributed by atoms with E-state index < -0.39 is 13.0 Å². The van der Waals surface area contributed by atoms with Crippen LogP contribution in [-0.2, 0) is 6.61 Å². The molecule has 0 saturated carbocycles. The van der Waals surface area contributed by atoms with Crippen LogP contribution in [0.25, 0.3) is 0 Å². The first kappa shape index (κ1) is 10.6. The normalized spacial score (nSPS) is 10.9. The van der Waals surface area contributed by atoms with Gasteiger partial charge < -0.3 is 5.11 Å². The van der Waals surface area contributed by atoms with Gasteiger partial charge in [-0.15, -0.1) is 0 Å². The second kappa shape index (κ2) is 4.17. The molecular formula is C7H5Cl2F2NO. The van der Waals surface area contributed by atoms with Gasteiger partial charge in [-0.2, -0.15) is 0 Å². The monoisotopic (exact) mass is 227 g/mol. The topological polar surface area (TPSA) is 33.1 Å². The zero-order valence-electron chi connectivity index (χ0n) is 6.27. The van der Waals surface area contributed by atoms with E-state index in [4.69, 9.17) is 28.3 Å². The van der Waals surface area contributed by atoms with Gasteiger partial charge >= 0.3 is 0 Å². The van der Waals surface area contributed by atoms with Crippen LogP contribution in [0.15, 0.2) is 6.07 Å². The average molecular weight is 228 g/mol. The van der Waals surface area contributed by atoms with Crippen molar-refractivity contribution in [3.63, 3.8) is 0 Å². The van der Waals surface area contributed by atoms with E-state index in [-0.39, 0.29) is 21.4 Å². The van der Waals surface area contributed by atoms with Crippen LogP contribution in [0.1, 0.15) is 17.6 Å². The Morgan fingerprint density at radius 3 is 2.54 bits per heavy atom. The van der Waals surface area contributed by atoms with Crippen molar-refractivity contribution in [2.24, 2.45) is 0 Å². The van der Waals surface area contributed by atoms with Gasteiger partial charge in [0.15, 0.2) is 0 Å². The molecule has 13 heavy (non-hydrogen) atoms. The van der Waals surface area contributed by atoms with Crippen molar-refractivity contribution in [3.8, 4) is 0 Å². The van der Waals surface area contributed by atoms with Gasteiger partial charge in [0.05, 0.1) is 6.61 Å². The summed E-state index contributed by atoms with van der Waals surface area (Å²) in [5.41, 5.74) is -0.464. The number of aromatic nitrogens is 1. The fourth-order valence-corrected chi connectivity index (χ4v) is 1.38. The molecule has 0 aliphatic rings. The molecule has 0 unspecified atom stereocenters. The molecule has 0 aromatic carbocycles. The lowest BCUT2D eigenvalue weighted by Crippen LogP contribution is -1.98. The fourth-order valence-electron chi connectivity index (χ4n) is 0.879. The summed E-state index contributed by atoms with van der Waals surface area (Å²) in [5.74, 6) is 0. The van der Waals surface area contributed by atoms with Crippen LogP contribution in [0.3, 0.4) is 0 Å². The molecule has 0 aliphatic carbocycles. The molecular weight excluding hydrogens is 223 g/mol. The Hall–Kier alpha value is -0.450. The number of alkyl halides is 2. The minimum Gasteiger partial charge on any atom is -0.392 e. The highest BCUT2D eigenvalue weighted by atomic mass is 35.5. The highest BCUT2D eigenvalue weighted by Gasteiger charge is 2.17. The van der Waals surface area contributed by atoms with Gasteiger partial charge in [-0.25, -0.2) is 13.8 Å². The van der Waals surface area contributed by atoms with Gasteiger partial charge in [0, 0.05) is 11.1 Å². The molecule has 0 atom stereocenters. The Balaban J connectivity index is 3.29. The van der Waals surface area contributed by atoms with E-state index in [9.17, 15) is 8.78 Å². The Bertz CT molecular complexity index is 320. The number of aliphatic hydroxyl groups excluding tert-OH is 1. The molecule has 2 nitrogen and oxygen atoms in total. The van der Waals surface area contributed by atoms with Crippen LogP contribution in [0.5, 0.6) is 0 Å². The van der Waals surface area contributed by atoms with Crippen molar-refractivity contribution >= 4 is 23.2 Å². The zero-order chi connectivity index (χ0) is 10.0. The van der Waals surface area contributed by atoms with E-state index >= 15 is 0 Å². The molecule has 6 heteroatoms. The van der Waals surface area contributed by atoms with E-state index in [1.165, 1.54) is 0 Å². The minimum atomic E-state index is -2.72. The Morgan fingerprint density at radius 2 is 2.08 bits per heavy atom. The molecule has 1 N–H and O–H groups in total. The van der Waals surface area contributed by atoms with Crippen LogP contribution < -0.4 is 0 Å². The van der Waals surface area contributed by atoms with Crippen LogP contribution in [-0.4, -0.2) is 10.1 Å². The minimum absolute atomic E-state index is 0.0823. The quantitative estimate of drug-likeness (QED) is 0.789.